The number of benzene rings is 11. The lowest BCUT2D eigenvalue weighted by molar-refractivity contribution is 0.586. The first-order chi connectivity index (χ1) is 37.5. The molecule has 2 aliphatic carbocycles. The van der Waals surface area contributed by atoms with Crippen LogP contribution >= 0.6 is 0 Å². The van der Waals surface area contributed by atoms with Crippen molar-refractivity contribution in [1.82, 2.24) is 4.57 Å². The van der Waals surface area contributed by atoms with Crippen LogP contribution in [0.25, 0.3) is 83.1 Å². The molecule has 12 aromatic rings. The van der Waals surface area contributed by atoms with E-state index in [0.29, 0.717) is 0 Å². The van der Waals surface area contributed by atoms with Crippen LogP contribution in [0, 0.1) is 0 Å². The van der Waals surface area contributed by atoms with E-state index >= 15 is 0 Å². The third kappa shape index (κ3) is 7.08. The summed E-state index contributed by atoms with van der Waals surface area (Å²) in [5.74, 6) is 0. The molecule has 77 heavy (non-hydrogen) atoms. The zero-order valence-electron chi connectivity index (χ0n) is 44.6. The summed E-state index contributed by atoms with van der Waals surface area (Å²) in [4.78, 5) is 2.62. The molecule has 0 atom stereocenters. The SMILES string of the molecule is CC(C)(C)c1ccc2c(c1)C1(c3cc(C(C)(C)C)ccc3-2)c2ccccc2-c2c(N(c3ccccc3-c3ccccc3-c3ccccc3-c3ccccc3)c3cccc4c5ccccc5n(-c5ccccc5)c34)cccc21. The van der Waals surface area contributed by atoms with E-state index in [1.54, 1.807) is 0 Å². The van der Waals surface area contributed by atoms with E-state index < -0.39 is 5.41 Å². The predicted molar refractivity (Wildman–Crippen MR) is 325 cm³/mol. The maximum absolute atomic E-state index is 2.62. The highest BCUT2D eigenvalue weighted by Gasteiger charge is 2.53. The average molecular weight is 989 g/mol. The molecule has 14 rings (SSSR count). The van der Waals surface area contributed by atoms with Crippen LogP contribution in [0.4, 0.5) is 17.1 Å². The first kappa shape index (κ1) is 46.5. The van der Waals surface area contributed by atoms with Crippen LogP contribution < -0.4 is 4.90 Å². The number of hydrogen-bond acceptors (Lipinski definition) is 1. The number of para-hydroxylation sites is 4. The fraction of sp³-hybridized carbons (Fsp3) is 0.120. The zero-order valence-corrected chi connectivity index (χ0v) is 44.6. The Labute approximate surface area is 453 Å². The van der Waals surface area contributed by atoms with Crippen molar-refractivity contribution in [2.75, 3.05) is 4.90 Å². The lowest BCUT2D eigenvalue weighted by Gasteiger charge is -2.34. The van der Waals surface area contributed by atoms with Crippen molar-refractivity contribution in [2.45, 2.75) is 57.8 Å². The van der Waals surface area contributed by atoms with Gasteiger partial charge in [-0.05, 0) is 125 Å². The van der Waals surface area contributed by atoms with E-state index in [4.69, 9.17) is 0 Å². The maximum Gasteiger partial charge on any atom is 0.0782 e. The summed E-state index contributed by atoms with van der Waals surface area (Å²) in [6.45, 7) is 14.1. The summed E-state index contributed by atoms with van der Waals surface area (Å²) >= 11 is 0. The van der Waals surface area contributed by atoms with E-state index in [9.17, 15) is 0 Å². The normalized spacial score (nSPS) is 13.2. The molecule has 11 aromatic carbocycles. The first-order valence-electron chi connectivity index (χ1n) is 27.3. The minimum atomic E-state index is -0.584. The van der Waals surface area contributed by atoms with Crippen molar-refractivity contribution >= 4 is 38.9 Å². The molecule has 2 nitrogen and oxygen atoms in total. The second kappa shape index (κ2) is 17.5. The summed E-state index contributed by atoms with van der Waals surface area (Å²) in [5, 5.41) is 2.42. The molecule has 2 aliphatic rings. The standard InChI is InChI=1S/C75H60N2/c1-73(2,3)50-43-45-57-58-46-44-51(74(4,5)6)48-66(58)75(65(57)47-50)63-37-20-17-35-62(63)71-64(75)38-24-41-69(71)77(70-42-23-36-61-60-34-19-21-39-67(60)76(72(61)70)52-27-11-8-12-28-52)68-40-22-18-33-59(68)56-32-16-15-31-55(56)54-30-14-13-29-53(54)49-25-9-7-10-26-49/h7-48H,1-6H3. The van der Waals surface area contributed by atoms with Gasteiger partial charge in [-0.25, -0.2) is 0 Å². The van der Waals surface area contributed by atoms with Gasteiger partial charge in [0.25, 0.3) is 0 Å². The number of rotatable bonds is 7. The molecule has 0 radical (unpaired) electrons. The third-order valence-electron chi connectivity index (χ3n) is 16.8. The molecule has 2 heteroatoms. The van der Waals surface area contributed by atoms with Gasteiger partial charge in [-0.2, -0.15) is 0 Å². The Kier molecular flexibility index (Phi) is 10.6. The molecule has 1 spiro atoms. The van der Waals surface area contributed by atoms with Crippen LogP contribution in [0.3, 0.4) is 0 Å². The highest BCUT2D eigenvalue weighted by atomic mass is 15.2. The smallest absolute Gasteiger partial charge is 0.0782 e. The van der Waals surface area contributed by atoms with Gasteiger partial charge in [0.1, 0.15) is 0 Å². The summed E-state index contributed by atoms with van der Waals surface area (Å²) < 4.78 is 2.49. The Balaban J connectivity index is 1.12. The monoisotopic (exact) mass is 988 g/mol. The molecule has 0 saturated heterocycles. The Morgan fingerprint density at radius 1 is 0.325 bits per heavy atom. The van der Waals surface area contributed by atoms with E-state index in [-0.39, 0.29) is 10.8 Å². The Morgan fingerprint density at radius 2 is 0.792 bits per heavy atom. The second-order valence-corrected chi connectivity index (χ2v) is 23.2. The molecule has 0 unspecified atom stereocenters. The number of anilines is 3. The second-order valence-electron chi connectivity index (χ2n) is 23.2. The largest absolute Gasteiger partial charge is 0.307 e. The molecular formula is C75H60N2. The Morgan fingerprint density at radius 3 is 1.45 bits per heavy atom. The van der Waals surface area contributed by atoms with Crippen molar-refractivity contribution in [2.24, 2.45) is 0 Å². The van der Waals surface area contributed by atoms with Crippen LogP contribution in [-0.4, -0.2) is 4.57 Å². The van der Waals surface area contributed by atoms with Gasteiger partial charge in [-0.15, -0.1) is 0 Å². The first-order valence-corrected chi connectivity index (χ1v) is 27.3. The van der Waals surface area contributed by atoms with Crippen LogP contribution in [0.1, 0.15) is 74.9 Å². The zero-order chi connectivity index (χ0) is 52.2. The van der Waals surface area contributed by atoms with Crippen LogP contribution in [0.15, 0.2) is 255 Å². The van der Waals surface area contributed by atoms with Crippen LogP contribution in [0.2, 0.25) is 0 Å². The fourth-order valence-electron chi connectivity index (χ4n) is 13.2. The summed E-state index contributed by atoms with van der Waals surface area (Å²) in [5.41, 5.74) is 26.3. The van der Waals surface area contributed by atoms with Gasteiger partial charge in [0.05, 0.1) is 33.5 Å². The van der Waals surface area contributed by atoms with Crippen molar-refractivity contribution in [1.29, 1.82) is 0 Å². The van der Waals surface area contributed by atoms with Gasteiger partial charge in [0, 0.05) is 27.6 Å². The molecule has 1 heterocycles. The number of hydrogen-bond donors (Lipinski definition) is 0. The van der Waals surface area contributed by atoms with Gasteiger partial charge in [0.2, 0.25) is 0 Å². The van der Waals surface area contributed by atoms with Gasteiger partial charge in [0.15, 0.2) is 0 Å². The van der Waals surface area contributed by atoms with Gasteiger partial charge >= 0.3 is 0 Å². The van der Waals surface area contributed by atoms with E-state index in [1.807, 2.05) is 0 Å². The summed E-state index contributed by atoms with van der Waals surface area (Å²) in [7, 11) is 0. The molecule has 0 N–H and O–H groups in total. The molecule has 370 valence electrons. The lowest BCUT2D eigenvalue weighted by atomic mass is 9.69. The molecule has 1 aromatic heterocycles. The lowest BCUT2D eigenvalue weighted by Crippen LogP contribution is -2.27. The summed E-state index contributed by atoms with van der Waals surface area (Å²) in [6.07, 6.45) is 0. The van der Waals surface area contributed by atoms with Gasteiger partial charge in [-0.3, -0.25) is 0 Å². The topological polar surface area (TPSA) is 8.17 Å². The van der Waals surface area contributed by atoms with Gasteiger partial charge < -0.3 is 9.47 Å². The summed E-state index contributed by atoms with van der Waals surface area (Å²) in [6, 6.07) is 95.8. The number of nitrogens with zero attached hydrogens (tertiary/aromatic N) is 2. The molecule has 0 saturated carbocycles. The van der Waals surface area contributed by atoms with Gasteiger partial charge in [-0.1, -0.05) is 260 Å². The van der Waals surface area contributed by atoms with Crippen molar-refractivity contribution < 1.29 is 0 Å². The molecular weight excluding hydrogens is 929 g/mol. The van der Waals surface area contributed by atoms with Crippen LogP contribution in [-0.2, 0) is 16.2 Å². The average Bonchev–Trinajstić information content (AvgIpc) is 4.16. The van der Waals surface area contributed by atoms with Crippen molar-refractivity contribution in [3.05, 3.63) is 288 Å². The third-order valence-corrected chi connectivity index (χ3v) is 16.8. The Hall–Kier alpha value is -8.98. The van der Waals surface area contributed by atoms with E-state index in [0.717, 1.165) is 33.8 Å². The highest BCUT2D eigenvalue weighted by molar-refractivity contribution is 6.16. The Bertz CT molecular complexity index is 4230. The molecule has 0 aliphatic heterocycles. The molecule has 0 bridgehead atoms. The van der Waals surface area contributed by atoms with E-state index in [1.165, 1.54) is 99.7 Å². The van der Waals surface area contributed by atoms with Crippen molar-refractivity contribution in [3.63, 3.8) is 0 Å². The van der Waals surface area contributed by atoms with Crippen LogP contribution in [0.5, 0.6) is 0 Å². The van der Waals surface area contributed by atoms with Crippen molar-refractivity contribution in [3.8, 4) is 61.3 Å². The predicted octanol–water partition coefficient (Wildman–Crippen LogP) is 20.2. The fourth-order valence-corrected chi connectivity index (χ4v) is 13.2. The number of fused-ring (bicyclic) bond motifs is 13. The maximum atomic E-state index is 2.62. The highest BCUT2D eigenvalue weighted by Crippen LogP contribution is 2.66. The minimum absolute atomic E-state index is 0.0569. The van der Waals surface area contributed by atoms with E-state index in [2.05, 4.69) is 306 Å². The number of aromatic nitrogens is 1. The molecule has 0 amide bonds. The quantitative estimate of drug-likeness (QED) is 0.154. The molecule has 0 fully saturated rings. The minimum Gasteiger partial charge on any atom is -0.307 e.